The molecule has 0 aliphatic rings. The monoisotopic (exact) mass is 296 g/mol. The topological polar surface area (TPSA) is 0 Å². The van der Waals surface area contributed by atoms with Crippen LogP contribution in [0.2, 0.25) is 0 Å². The van der Waals surface area contributed by atoms with Crippen molar-refractivity contribution in [2.75, 3.05) is 0 Å². The van der Waals surface area contributed by atoms with Gasteiger partial charge in [-0.2, -0.15) is 0 Å². The first-order valence-electron chi connectivity index (χ1n) is 6.32. The number of allylic oxidation sites excluding steroid dienone is 11. The van der Waals surface area contributed by atoms with Gasteiger partial charge in [0, 0.05) is 10.1 Å². The third-order valence-electron chi connectivity index (χ3n) is 2.36. The van der Waals surface area contributed by atoms with Crippen molar-refractivity contribution in [3.63, 3.8) is 0 Å². The number of hydrogen-bond acceptors (Lipinski definition) is 0. The van der Waals surface area contributed by atoms with Gasteiger partial charge in [-0.1, -0.05) is 61.0 Å². The number of hydrogen-bond donors (Lipinski definition) is 0. The van der Waals surface area contributed by atoms with Crippen LogP contribution in [-0.4, -0.2) is 0 Å². The van der Waals surface area contributed by atoms with Gasteiger partial charge < -0.3 is 0 Å². The van der Waals surface area contributed by atoms with E-state index in [-0.39, 0.29) is 0 Å². The standard InChI is InChI=1S/C17H22Cl2/c1-6-8-14(5)16(18)11-10-15(9-7-2)12-17(19)13(3)4/h6,8-12H,3,7H2,1-2,4-5H3/b8-6-,11-10+,15-9-,16-14+,17-12+. The predicted octanol–water partition coefficient (Wildman–Crippen LogP) is 6.67. The maximum absolute atomic E-state index is 6.20. The molecule has 19 heavy (non-hydrogen) atoms. The molecule has 0 saturated carbocycles. The largest absolute Gasteiger partial charge is 0.0946 e. The molecule has 0 unspecified atom stereocenters. The Bertz CT molecular complexity index is 458. The van der Waals surface area contributed by atoms with Gasteiger partial charge in [-0.3, -0.25) is 0 Å². The SMILES string of the molecule is C=C(C)\C(Cl)=C/C(=C\CC)/C=C/C(Cl)=C(C)\C=C/C. The third-order valence-corrected chi connectivity index (χ3v) is 3.21. The quantitative estimate of drug-likeness (QED) is 0.480. The lowest BCUT2D eigenvalue weighted by molar-refractivity contribution is 1.21. The highest BCUT2D eigenvalue weighted by molar-refractivity contribution is 6.32. The number of halogens is 2. The molecule has 0 amide bonds. The van der Waals surface area contributed by atoms with Gasteiger partial charge in [-0.15, -0.1) is 0 Å². The van der Waals surface area contributed by atoms with E-state index in [9.17, 15) is 0 Å². The van der Waals surface area contributed by atoms with Crippen LogP contribution in [0.15, 0.2) is 69.8 Å². The van der Waals surface area contributed by atoms with Crippen molar-refractivity contribution < 1.29 is 0 Å². The summed E-state index contributed by atoms with van der Waals surface area (Å²) in [7, 11) is 0. The molecular weight excluding hydrogens is 275 g/mol. The first kappa shape index (κ1) is 18.0. The number of rotatable bonds is 6. The second-order valence-electron chi connectivity index (χ2n) is 4.25. The van der Waals surface area contributed by atoms with Crippen LogP contribution in [0.25, 0.3) is 0 Å². The molecule has 104 valence electrons. The van der Waals surface area contributed by atoms with Crippen molar-refractivity contribution in [2.24, 2.45) is 0 Å². The highest BCUT2D eigenvalue weighted by Crippen LogP contribution is 2.18. The minimum Gasteiger partial charge on any atom is -0.0946 e. The van der Waals surface area contributed by atoms with E-state index >= 15 is 0 Å². The molecule has 0 aliphatic carbocycles. The summed E-state index contributed by atoms with van der Waals surface area (Å²) < 4.78 is 0. The Hall–Kier alpha value is -0.980. The molecule has 0 fully saturated rings. The normalized spacial score (nSPS) is 15.3. The summed E-state index contributed by atoms with van der Waals surface area (Å²) in [4.78, 5) is 0. The Morgan fingerprint density at radius 2 is 1.74 bits per heavy atom. The van der Waals surface area contributed by atoms with Gasteiger partial charge in [-0.05, 0) is 56.1 Å². The molecule has 0 aliphatic heterocycles. The molecule has 0 aromatic rings. The fraction of sp³-hybridized carbons (Fsp3) is 0.294. The molecule has 0 bridgehead atoms. The lowest BCUT2D eigenvalue weighted by Gasteiger charge is -2.00. The molecule has 2 heteroatoms. The van der Waals surface area contributed by atoms with Crippen LogP contribution in [0.1, 0.15) is 34.1 Å². The Morgan fingerprint density at radius 1 is 1.11 bits per heavy atom. The van der Waals surface area contributed by atoms with Gasteiger partial charge in [0.25, 0.3) is 0 Å². The maximum Gasteiger partial charge on any atom is 0.0435 e. The van der Waals surface area contributed by atoms with Crippen LogP contribution >= 0.6 is 23.2 Å². The summed E-state index contributed by atoms with van der Waals surface area (Å²) in [6.45, 7) is 11.7. The van der Waals surface area contributed by atoms with Crippen molar-refractivity contribution in [3.05, 3.63) is 69.8 Å². The van der Waals surface area contributed by atoms with Crippen molar-refractivity contribution in [1.82, 2.24) is 0 Å². The highest BCUT2D eigenvalue weighted by atomic mass is 35.5. The second-order valence-corrected chi connectivity index (χ2v) is 5.06. The van der Waals surface area contributed by atoms with Crippen LogP contribution in [0.4, 0.5) is 0 Å². The molecule has 0 aromatic carbocycles. The minimum absolute atomic E-state index is 0.662. The van der Waals surface area contributed by atoms with Crippen molar-refractivity contribution >= 4 is 23.2 Å². The zero-order chi connectivity index (χ0) is 14.8. The molecule has 0 rings (SSSR count). The Morgan fingerprint density at radius 3 is 2.21 bits per heavy atom. The molecule has 0 saturated heterocycles. The summed E-state index contributed by atoms with van der Waals surface area (Å²) in [5.74, 6) is 0. The molecule has 0 N–H and O–H groups in total. The van der Waals surface area contributed by atoms with E-state index in [2.05, 4.69) is 19.6 Å². The van der Waals surface area contributed by atoms with Crippen molar-refractivity contribution in [2.45, 2.75) is 34.1 Å². The van der Waals surface area contributed by atoms with E-state index in [0.717, 1.165) is 28.2 Å². The van der Waals surface area contributed by atoms with E-state index in [1.165, 1.54) is 0 Å². The van der Waals surface area contributed by atoms with Gasteiger partial charge in [0.1, 0.15) is 0 Å². The minimum atomic E-state index is 0.662. The summed E-state index contributed by atoms with van der Waals surface area (Å²) >= 11 is 12.3. The van der Waals surface area contributed by atoms with Gasteiger partial charge in [0.15, 0.2) is 0 Å². The maximum atomic E-state index is 6.20. The fourth-order valence-corrected chi connectivity index (χ4v) is 1.56. The van der Waals surface area contributed by atoms with E-state index in [1.54, 1.807) is 0 Å². The van der Waals surface area contributed by atoms with Gasteiger partial charge >= 0.3 is 0 Å². The van der Waals surface area contributed by atoms with Gasteiger partial charge in [0.05, 0.1) is 0 Å². The average Bonchev–Trinajstić information content (AvgIpc) is 2.35. The van der Waals surface area contributed by atoms with Gasteiger partial charge in [0.2, 0.25) is 0 Å². The van der Waals surface area contributed by atoms with Gasteiger partial charge in [-0.25, -0.2) is 0 Å². The van der Waals surface area contributed by atoms with Crippen LogP contribution in [-0.2, 0) is 0 Å². The Balaban J connectivity index is 5.18. The van der Waals surface area contributed by atoms with E-state index in [1.807, 2.05) is 51.2 Å². The molecule has 0 spiro atoms. The van der Waals surface area contributed by atoms with E-state index in [0.29, 0.717) is 5.03 Å². The van der Waals surface area contributed by atoms with E-state index in [4.69, 9.17) is 23.2 Å². The fourth-order valence-electron chi connectivity index (χ4n) is 1.31. The van der Waals surface area contributed by atoms with Crippen LogP contribution < -0.4 is 0 Å². The molecule has 0 nitrogen and oxygen atoms in total. The van der Waals surface area contributed by atoms with Crippen molar-refractivity contribution in [3.8, 4) is 0 Å². The summed E-state index contributed by atoms with van der Waals surface area (Å²) in [6.07, 6.45) is 12.7. The molecule has 0 atom stereocenters. The van der Waals surface area contributed by atoms with E-state index < -0.39 is 0 Å². The summed E-state index contributed by atoms with van der Waals surface area (Å²) in [5.41, 5.74) is 2.91. The van der Waals surface area contributed by atoms with Crippen LogP contribution in [0, 0.1) is 0 Å². The lowest BCUT2D eigenvalue weighted by atomic mass is 10.1. The molecule has 0 heterocycles. The molecule has 0 aromatic heterocycles. The lowest BCUT2D eigenvalue weighted by Crippen LogP contribution is -1.79. The predicted molar refractivity (Wildman–Crippen MR) is 89.6 cm³/mol. The van der Waals surface area contributed by atoms with Crippen LogP contribution in [0.5, 0.6) is 0 Å². The summed E-state index contributed by atoms with van der Waals surface area (Å²) in [6, 6.07) is 0. The highest BCUT2D eigenvalue weighted by Gasteiger charge is 1.96. The molecule has 0 radical (unpaired) electrons. The zero-order valence-corrected chi connectivity index (χ0v) is 13.6. The first-order chi connectivity index (χ1) is 8.92. The first-order valence-corrected chi connectivity index (χ1v) is 7.08. The Labute approximate surface area is 127 Å². The summed E-state index contributed by atoms with van der Waals surface area (Å²) in [5, 5.41) is 1.38. The zero-order valence-electron chi connectivity index (χ0n) is 12.1. The third kappa shape index (κ3) is 7.92. The second kappa shape index (κ2) is 9.89. The smallest absolute Gasteiger partial charge is 0.0435 e. The van der Waals surface area contributed by atoms with Crippen LogP contribution in [0.3, 0.4) is 0 Å². The van der Waals surface area contributed by atoms with Crippen molar-refractivity contribution in [1.29, 1.82) is 0 Å². The molecular formula is C17H22Cl2. The Kier molecular flexibility index (Phi) is 9.38. The average molecular weight is 297 g/mol.